The number of anilines is 1. The van der Waals surface area contributed by atoms with Gasteiger partial charge in [-0.15, -0.1) is 0 Å². The molecule has 4 nitrogen and oxygen atoms in total. The molecule has 0 aromatic heterocycles. The van der Waals surface area contributed by atoms with Crippen molar-refractivity contribution in [1.82, 2.24) is 5.32 Å². The Morgan fingerprint density at radius 1 is 1.33 bits per heavy atom. The van der Waals surface area contributed by atoms with Gasteiger partial charge in [0.15, 0.2) is 0 Å². The Hall–Kier alpha value is -1.07. The van der Waals surface area contributed by atoms with Crippen molar-refractivity contribution in [1.29, 1.82) is 0 Å². The molecule has 0 bridgehead atoms. The minimum atomic E-state index is -0.842. The summed E-state index contributed by atoms with van der Waals surface area (Å²) in [7, 11) is 0. The molecule has 1 aromatic rings. The van der Waals surface area contributed by atoms with Gasteiger partial charge in [0, 0.05) is 9.50 Å². The number of nitrogens with one attached hydrogen (secondary N) is 1. The van der Waals surface area contributed by atoms with Crippen LogP contribution in [-0.2, 0) is 9.59 Å². The Balaban J connectivity index is 2.56. The number of hydrogen-bond donors (Lipinski definition) is 1. The average Bonchev–Trinajstić information content (AvgIpc) is 2.47. The molecule has 1 aliphatic rings. The van der Waals surface area contributed by atoms with Crippen LogP contribution >= 0.6 is 27.5 Å². The molecule has 2 amide bonds. The third kappa shape index (κ3) is 2.69. The van der Waals surface area contributed by atoms with E-state index in [9.17, 15) is 9.59 Å². The third-order valence-corrected chi connectivity index (χ3v) is 5.04. The molecular weight excluding hydrogens is 356 g/mol. The van der Waals surface area contributed by atoms with Crippen LogP contribution in [0, 0.1) is 0 Å². The second-order valence-corrected chi connectivity index (χ2v) is 6.52. The van der Waals surface area contributed by atoms with Crippen LogP contribution in [0.4, 0.5) is 5.69 Å². The third-order valence-electron chi connectivity index (χ3n) is 4.13. The predicted octanol–water partition coefficient (Wildman–Crippen LogP) is 3.51. The van der Waals surface area contributed by atoms with Crippen molar-refractivity contribution in [2.45, 2.75) is 45.2 Å². The lowest BCUT2D eigenvalue weighted by atomic mass is 9.87. The van der Waals surface area contributed by atoms with Crippen LogP contribution < -0.4 is 10.2 Å². The molecule has 1 unspecified atom stereocenters. The zero-order valence-corrected chi connectivity index (χ0v) is 14.6. The maximum absolute atomic E-state index is 13.0. The van der Waals surface area contributed by atoms with Crippen molar-refractivity contribution in [3.05, 3.63) is 27.7 Å². The van der Waals surface area contributed by atoms with E-state index in [2.05, 4.69) is 21.2 Å². The molecule has 1 aliphatic heterocycles. The lowest BCUT2D eigenvalue weighted by Crippen LogP contribution is -2.69. The second-order valence-electron chi connectivity index (χ2n) is 5.23. The summed E-state index contributed by atoms with van der Waals surface area (Å²) in [6.07, 6.45) is 1.10. The zero-order valence-electron chi connectivity index (χ0n) is 12.2. The lowest BCUT2D eigenvalue weighted by Gasteiger charge is -2.44. The normalized spacial score (nSPS) is 21.4. The highest BCUT2D eigenvalue weighted by Gasteiger charge is 2.48. The van der Waals surface area contributed by atoms with Crippen LogP contribution in [0.1, 0.15) is 33.6 Å². The Morgan fingerprint density at radius 3 is 2.52 bits per heavy atom. The van der Waals surface area contributed by atoms with Gasteiger partial charge >= 0.3 is 0 Å². The lowest BCUT2D eigenvalue weighted by molar-refractivity contribution is -0.138. The molecular formula is C15H18BrClN2O2. The summed E-state index contributed by atoms with van der Waals surface area (Å²) in [5.41, 5.74) is -0.216. The van der Waals surface area contributed by atoms with Gasteiger partial charge in [0.1, 0.15) is 11.6 Å². The largest absolute Gasteiger partial charge is 0.340 e. The summed E-state index contributed by atoms with van der Waals surface area (Å²) >= 11 is 9.49. The molecule has 114 valence electrons. The number of carbonyl (C=O) groups is 2. The van der Waals surface area contributed by atoms with Crippen LogP contribution in [0.25, 0.3) is 0 Å². The van der Waals surface area contributed by atoms with E-state index in [0.29, 0.717) is 23.6 Å². The highest BCUT2D eigenvalue weighted by atomic mass is 79.9. The minimum absolute atomic E-state index is 0.0948. The van der Waals surface area contributed by atoms with Gasteiger partial charge in [0.05, 0.1) is 5.69 Å². The topological polar surface area (TPSA) is 49.4 Å². The molecule has 0 radical (unpaired) electrons. The van der Waals surface area contributed by atoms with Gasteiger partial charge < -0.3 is 5.32 Å². The van der Waals surface area contributed by atoms with E-state index in [1.54, 1.807) is 30.0 Å². The standard InChI is InChI=1S/C15H18BrClN2O2/c1-4-15(5-2)14(21)19(9(3)13(20)18-15)12-8-10(17)6-7-11(12)16/h6-9H,4-5H2,1-3H3,(H,18,20). The van der Waals surface area contributed by atoms with Crippen LogP contribution in [0.5, 0.6) is 0 Å². The first-order valence-corrected chi connectivity index (χ1v) is 8.14. The number of amides is 2. The molecule has 1 heterocycles. The van der Waals surface area contributed by atoms with E-state index >= 15 is 0 Å². The summed E-state index contributed by atoms with van der Waals surface area (Å²) in [5, 5.41) is 3.41. The van der Waals surface area contributed by atoms with E-state index < -0.39 is 11.6 Å². The summed E-state index contributed by atoms with van der Waals surface area (Å²) in [6, 6.07) is 4.65. The van der Waals surface area contributed by atoms with Gasteiger partial charge in [-0.2, -0.15) is 0 Å². The predicted molar refractivity (Wildman–Crippen MR) is 87.6 cm³/mol. The molecule has 1 saturated heterocycles. The van der Waals surface area contributed by atoms with Crippen LogP contribution in [-0.4, -0.2) is 23.4 Å². The monoisotopic (exact) mass is 372 g/mol. The molecule has 2 rings (SSSR count). The van der Waals surface area contributed by atoms with Crippen molar-refractivity contribution >= 4 is 45.0 Å². The summed E-state index contributed by atoms with van der Waals surface area (Å²) < 4.78 is 0.739. The molecule has 21 heavy (non-hydrogen) atoms. The van der Waals surface area contributed by atoms with Gasteiger partial charge in [0.2, 0.25) is 5.91 Å². The molecule has 0 spiro atoms. The van der Waals surface area contributed by atoms with Crippen molar-refractivity contribution in [2.75, 3.05) is 4.90 Å². The van der Waals surface area contributed by atoms with Crippen molar-refractivity contribution in [3.63, 3.8) is 0 Å². The molecule has 6 heteroatoms. The molecule has 0 aliphatic carbocycles. The van der Waals surface area contributed by atoms with Gasteiger partial charge in [-0.3, -0.25) is 14.5 Å². The number of carbonyl (C=O) groups excluding carboxylic acids is 2. The smallest absolute Gasteiger partial charge is 0.253 e. The summed E-state index contributed by atoms with van der Waals surface area (Å²) in [5.74, 6) is -0.243. The molecule has 1 atom stereocenters. The van der Waals surface area contributed by atoms with E-state index in [1.807, 2.05) is 13.8 Å². The minimum Gasteiger partial charge on any atom is -0.340 e. The molecule has 0 saturated carbocycles. The van der Waals surface area contributed by atoms with E-state index in [1.165, 1.54) is 0 Å². The number of benzene rings is 1. The zero-order chi connectivity index (χ0) is 15.8. The average molecular weight is 374 g/mol. The Labute approximate surface area is 138 Å². The first kappa shape index (κ1) is 16.3. The fraction of sp³-hybridized carbons (Fsp3) is 0.467. The summed E-state index contributed by atoms with van der Waals surface area (Å²) in [6.45, 7) is 5.53. The number of nitrogens with zero attached hydrogens (tertiary/aromatic N) is 1. The fourth-order valence-electron chi connectivity index (χ4n) is 2.64. The first-order chi connectivity index (χ1) is 9.86. The quantitative estimate of drug-likeness (QED) is 0.881. The molecule has 1 aromatic carbocycles. The molecule has 1 fully saturated rings. The summed E-state index contributed by atoms with van der Waals surface area (Å²) in [4.78, 5) is 26.8. The van der Waals surface area contributed by atoms with Gasteiger partial charge in [-0.1, -0.05) is 25.4 Å². The molecule has 1 N–H and O–H groups in total. The van der Waals surface area contributed by atoms with Crippen molar-refractivity contribution in [2.24, 2.45) is 0 Å². The SMILES string of the molecule is CCC1(CC)NC(=O)C(C)N(c2cc(Cl)ccc2Br)C1=O. The number of rotatable bonds is 3. The number of piperazine rings is 1. The first-order valence-electron chi connectivity index (χ1n) is 6.97. The highest BCUT2D eigenvalue weighted by molar-refractivity contribution is 9.10. The Bertz CT molecular complexity index is 587. The van der Waals surface area contributed by atoms with Gasteiger partial charge in [-0.05, 0) is 53.9 Å². The maximum atomic E-state index is 13.0. The van der Waals surface area contributed by atoms with Gasteiger partial charge in [0.25, 0.3) is 5.91 Å². The van der Waals surface area contributed by atoms with Crippen molar-refractivity contribution in [3.8, 4) is 0 Å². The van der Waals surface area contributed by atoms with Crippen LogP contribution in [0.2, 0.25) is 5.02 Å². The second kappa shape index (κ2) is 5.97. The van der Waals surface area contributed by atoms with Crippen LogP contribution in [0.15, 0.2) is 22.7 Å². The highest BCUT2D eigenvalue weighted by Crippen LogP contribution is 2.35. The number of hydrogen-bond acceptors (Lipinski definition) is 2. The fourth-order valence-corrected chi connectivity index (χ4v) is 3.24. The van der Waals surface area contributed by atoms with Crippen molar-refractivity contribution < 1.29 is 9.59 Å². The Kier molecular flexibility index (Phi) is 4.63. The van der Waals surface area contributed by atoms with E-state index in [-0.39, 0.29) is 11.8 Å². The van der Waals surface area contributed by atoms with Gasteiger partial charge in [-0.25, -0.2) is 0 Å². The van der Waals surface area contributed by atoms with Crippen LogP contribution in [0.3, 0.4) is 0 Å². The van der Waals surface area contributed by atoms with E-state index in [0.717, 1.165) is 4.47 Å². The maximum Gasteiger partial charge on any atom is 0.253 e. The Morgan fingerprint density at radius 2 is 1.95 bits per heavy atom. The van der Waals surface area contributed by atoms with E-state index in [4.69, 9.17) is 11.6 Å². The number of halogens is 2.